The summed E-state index contributed by atoms with van der Waals surface area (Å²) in [6.45, 7) is 1.84. The number of anilines is 1. The van der Waals surface area contributed by atoms with Crippen molar-refractivity contribution in [1.82, 2.24) is 24.7 Å². The first-order valence-corrected chi connectivity index (χ1v) is 6.74. The van der Waals surface area contributed by atoms with Gasteiger partial charge in [0.05, 0.1) is 7.11 Å². The average molecular weight is 274 g/mol. The van der Waals surface area contributed by atoms with Gasteiger partial charge in [0.2, 0.25) is 11.8 Å². The van der Waals surface area contributed by atoms with Gasteiger partial charge in [0, 0.05) is 38.3 Å². The number of hydrogen-bond acceptors (Lipinski definition) is 6. The van der Waals surface area contributed by atoms with E-state index in [9.17, 15) is 0 Å². The second-order valence-electron chi connectivity index (χ2n) is 4.96. The summed E-state index contributed by atoms with van der Waals surface area (Å²) in [4.78, 5) is 10.9. The van der Waals surface area contributed by atoms with Crippen molar-refractivity contribution in [3.63, 3.8) is 0 Å². The highest BCUT2D eigenvalue weighted by molar-refractivity contribution is 5.33. The Kier molecular flexibility index (Phi) is 3.49. The van der Waals surface area contributed by atoms with E-state index in [1.807, 2.05) is 11.6 Å². The number of methoxy groups -OCH3 is 1. The molecule has 0 radical (unpaired) electrons. The molecule has 106 valence electrons. The monoisotopic (exact) mass is 274 g/mol. The number of aryl methyl sites for hydroxylation is 1. The molecular formula is C13H18N6O. The summed E-state index contributed by atoms with van der Waals surface area (Å²) in [5, 5.41) is 8.16. The first kappa shape index (κ1) is 12.8. The Morgan fingerprint density at radius 3 is 2.75 bits per heavy atom. The molecule has 2 aromatic heterocycles. The summed E-state index contributed by atoms with van der Waals surface area (Å²) in [5.41, 5.74) is 0. The van der Waals surface area contributed by atoms with Crippen LogP contribution in [0.4, 0.5) is 5.95 Å². The molecule has 0 aliphatic carbocycles. The number of hydrogen-bond donors (Lipinski definition) is 0. The van der Waals surface area contributed by atoms with Crippen LogP contribution in [0.2, 0.25) is 0 Å². The standard InChI is InChI=1S/C13H18N6O/c1-18-9-15-17-12(18)10-4-7-19(8-5-10)13-14-6-3-11(16-13)20-2/h3,6,9-10H,4-5,7-8H2,1-2H3. The van der Waals surface area contributed by atoms with E-state index in [1.54, 1.807) is 25.7 Å². The Hall–Kier alpha value is -2.18. The Morgan fingerprint density at radius 1 is 1.30 bits per heavy atom. The van der Waals surface area contributed by atoms with Gasteiger partial charge in [0.1, 0.15) is 12.2 Å². The van der Waals surface area contributed by atoms with Gasteiger partial charge in [-0.05, 0) is 12.8 Å². The van der Waals surface area contributed by atoms with Crippen LogP contribution in [-0.4, -0.2) is 44.9 Å². The van der Waals surface area contributed by atoms with Gasteiger partial charge in [0.25, 0.3) is 0 Å². The van der Waals surface area contributed by atoms with Gasteiger partial charge in [-0.15, -0.1) is 10.2 Å². The van der Waals surface area contributed by atoms with Crippen LogP contribution < -0.4 is 9.64 Å². The molecule has 1 saturated heterocycles. The van der Waals surface area contributed by atoms with Crippen molar-refractivity contribution in [1.29, 1.82) is 0 Å². The minimum atomic E-state index is 0.462. The highest BCUT2D eigenvalue weighted by atomic mass is 16.5. The summed E-state index contributed by atoms with van der Waals surface area (Å²) in [6, 6.07) is 1.76. The minimum Gasteiger partial charge on any atom is -0.481 e. The lowest BCUT2D eigenvalue weighted by molar-refractivity contribution is 0.395. The van der Waals surface area contributed by atoms with E-state index in [0.29, 0.717) is 11.8 Å². The molecule has 2 aromatic rings. The van der Waals surface area contributed by atoms with Gasteiger partial charge in [-0.25, -0.2) is 4.98 Å². The second-order valence-corrected chi connectivity index (χ2v) is 4.96. The number of aromatic nitrogens is 5. The molecule has 20 heavy (non-hydrogen) atoms. The predicted octanol–water partition coefficient (Wildman–Crippen LogP) is 0.998. The fourth-order valence-electron chi connectivity index (χ4n) is 2.60. The van der Waals surface area contributed by atoms with Crippen molar-refractivity contribution in [3.8, 4) is 5.88 Å². The van der Waals surface area contributed by atoms with Gasteiger partial charge in [0.15, 0.2) is 0 Å². The number of ether oxygens (including phenoxy) is 1. The first-order chi connectivity index (χ1) is 9.78. The lowest BCUT2D eigenvalue weighted by Crippen LogP contribution is -2.34. The zero-order valence-electron chi connectivity index (χ0n) is 11.7. The third-order valence-electron chi connectivity index (χ3n) is 3.72. The van der Waals surface area contributed by atoms with Crippen LogP contribution in [0.1, 0.15) is 24.6 Å². The van der Waals surface area contributed by atoms with Crippen LogP contribution in [-0.2, 0) is 7.05 Å². The van der Waals surface area contributed by atoms with E-state index in [0.717, 1.165) is 37.7 Å². The van der Waals surface area contributed by atoms with Crippen molar-refractivity contribution in [2.24, 2.45) is 7.05 Å². The summed E-state index contributed by atoms with van der Waals surface area (Å²) in [7, 11) is 3.61. The zero-order chi connectivity index (χ0) is 13.9. The van der Waals surface area contributed by atoms with Crippen LogP contribution in [0.3, 0.4) is 0 Å². The summed E-state index contributed by atoms with van der Waals surface area (Å²) >= 11 is 0. The lowest BCUT2D eigenvalue weighted by atomic mass is 9.96. The Morgan fingerprint density at radius 2 is 2.10 bits per heavy atom. The molecule has 7 nitrogen and oxygen atoms in total. The SMILES string of the molecule is COc1ccnc(N2CCC(c3nncn3C)CC2)n1. The summed E-state index contributed by atoms with van der Waals surface area (Å²) in [6.07, 6.45) is 5.56. The molecule has 0 unspecified atom stereocenters. The maximum atomic E-state index is 5.14. The molecule has 0 saturated carbocycles. The Balaban J connectivity index is 1.68. The largest absolute Gasteiger partial charge is 0.481 e. The normalized spacial score (nSPS) is 16.4. The molecule has 0 N–H and O–H groups in total. The smallest absolute Gasteiger partial charge is 0.228 e. The van der Waals surface area contributed by atoms with Crippen molar-refractivity contribution in [2.45, 2.75) is 18.8 Å². The van der Waals surface area contributed by atoms with E-state index < -0.39 is 0 Å². The molecule has 3 rings (SSSR count). The maximum absolute atomic E-state index is 5.14. The third kappa shape index (κ3) is 2.43. The van der Waals surface area contributed by atoms with Crippen molar-refractivity contribution < 1.29 is 4.74 Å². The minimum absolute atomic E-state index is 0.462. The number of piperidine rings is 1. The Labute approximate surface area is 117 Å². The molecule has 1 aliphatic heterocycles. The van der Waals surface area contributed by atoms with Crippen LogP contribution in [0.25, 0.3) is 0 Å². The molecule has 3 heterocycles. The predicted molar refractivity (Wildman–Crippen MR) is 73.8 cm³/mol. The lowest BCUT2D eigenvalue weighted by Gasteiger charge is -2.31. The van der Waals surface area contributed by atoms with Crippen LogP contribution in [0, 0.1) is 0 Å². The highest BCUT2D eigenvalue weighted by Crippen LogP contribution is 2.28. The summed E-state index contributed by atoms with van der Waals surface area (Å²) in [5.74, 6) is 2.87. The summed E-state index contributed by atoms with van der Waals surface area (Å²) < 4.78 is 7.14. The van der Waals surface area contributed by atoms with Crippen LogP contribution in [0.15, 0.2) is 18.6 Å². The fraction of sp³-hybridized carbons (Fsp3) is 0.538. The van der Waals surface area contributed by atoms with Crippen LogP contribution in [0.5, 0.6) is 5.88 Å². The average Bonchev–Trinajstić information content (AvgIpc) is 2.94. The number of rotatable bonds is 3. The van der Waals surface area contributed by atoms with Gasteiger partial charge in [-0.2, -0.15) is 4.98 Å². The molecule has 0 bridgehead atoms. The van der Waals surface area contributed by atoms with Gasteiger partial charge in [-0.3, -0.25) is 0 Å². The van der Waals surface area contributed by atoms with Crippen molar-refractivity contribution in [2.75, 3.05) is 25.1 Å². The number of nitrogens with zero attached hydrogens (tertiary/aromatic N) is 6. The molecule has 0 spiro atoms. The van der Waals surface area contributed by atoms with Crippen molar-refractivity contribution in [3.05, 3.63) is 24.4 Å². The molecular weight excluding hydrogens is 256 g/mol. The van der Waals surface area contributed by atoms with E-state index in [1.165, 1.54) is 0 Å². The highest BCUT2D eigenvalue weighted by Gasteiger charge is 2.25. The first-order valence-electron chi connectivity index (χ1n) is 6.74. The topological polar surface area (TPSA) is 69.0 Å². The van der Waals surface area contributed by atoms with E-state index >= 15 is 0 Å². The molecule has 7 heteroatoms. The van der Waals surface area contributed by atoms with Gasteiger partial charge < -0.3 is 14.2 Å². The second kappa shape index (κ2) is 5.44. The molecule has 0 aromatic carbocycles. The van der Waals surface area contributed by atoms with Crippen LogP contribution >= 0.6 is 0 Å². The third-order valence-corrected chi connectivity index (χ3v) is 3.72. The fourth-order valence-corrected chi connectivity index (χ4v) is 2.60. The Bertz CT molecular complexity index is 576. The molecule has 0 amide bonds. The maximum Gasteiger partial charge on any atom is 0.228 e. The van der Waals surface area contributed by atoms with E-state index in [2.05, 4.69) is 25.1 Å². The molecule has 0 atom stereocenters. The van der Waals surface area contributed by atoms with E-state index in [4.69, 9.17) is 4.74 Å². The molecule has 1 aliphatic rings. The zero-order valence-corrected chi connectivity index (χ0v) is 11.7. The van der Waals surface area contributed by atoms with Gasteiger partial charge in [-0.1, -0.05) is 0 Å². The van der Waals surface area contributed by atoms with E-state index in [-0.39, 0.29) is 0 Å². The van der Waals surface area contributed by atoms with Crippen molar-refractivity contribution >= 4 is 5.95 Å². The quantitative estimate of drug-likeness (QED) is 0.831. The molecule has 1 fully saturated rings. The van der Waals surface area contributed by atoms with Gasteiger partial charge >= 0.3 is 0 Å².